The van der Waals surface area contributed by atoms with Gasteiger partial charge < -0.3 is 0 Å². The molecule has 0 saturated carbocycles. The maximum atomic E-state index is 12.1. The van der Waals surface area contributed by atoms with E-state index in [2.05, 4.69) is 14.7 Å². The van der Waals surface area contributed by atoms with Crippen LogP contribution in [-0.4, -0.2) is 30.7 Å². The van der Waals surface area contributed by atoms with Crippen LogP contribution in [0.2, 0.25) is 0 Å². The van der Waals surface area contributed by atoms with E-state index < -0.39 is 10.0 Å². The fourth-order valence-corrected chi connectivity index (χ4v) is 4.25. The normalized spacial score (nSPS) is 11.5. The van der Waals surface area contributed by atoms with Crippen LogP contribution < -0.4 is 4.72 Å². The van der Waals surface area contributed by atoms with E-state index in [1.165, 1.54) is 11.3 Å². The molecule has 1 N–H and O–H groups in total. The summed E-state index contributed by atoms with van der Waals surface area (Å²) < 4.78 is 26.8. The number of benzene rings is 1. The van der Waals surface area contributed by atoms with Crippen molar-refractivity contribution in [2.24, 2.45) is 0 Å². The topological polar surface area (TPSA) is 72.0 Å². The van der Waals surface area contributed by atoms with Crippen LogP contribution in [0.25, 0.3) is 10.6 Å². The lowest BCUT2D eigenvalue weighted by molar-refractivity contribution is 0.580. The van der Waals surface area contributed by atoms with Crippen LogP contribution in [0.4, 0.5) is 0 Å². The molecule has 0 radical (unpaired) electrons. The molecule has 1 aromatic carbocycles. The van der Waals surface area contributed by atoms with E-state index in [1.807, 2.05) is 47.8 Å². The number of aryl methyl sites for hydroxylation is 1. The Morgan fingerprint density at radius 3 is 2.64 bits per heavy atom. The molecule has 3 rings (SSSR count). The standard InChI is InChI=1S/C18H19N3O2S2/c22-25(23,12-9-15-5-2-1-3-6-15)20-11-8-17-14-24-18(21-17)16-7-4-10-19-13-16/h1-7,10,13-14,20H,8-9,11-12H2. The van der Waals surface area contributed by atoms with Gasteiger partial charge in [0, 0.05) is 36.3 Å². The van der Waals surface area contributed by atoms with E-state index in [0.717, 1.165) is 21.8 Å². The van der Waals surface area contributed by atoms with Crippen LogP contribution in [0.3, 0.4) is 0 Å². The maximum Gasteiger partial charge on any atom is 0.211 e. The highest BCUT2D eigenvalue weighted by Crippen LogP contribution is 2.22. The zero-order valence-electron chi connectivity index (χ0n) is 13.6. The first-order valence-corrected chi connectivity index (χ1v) is 10.5. The molecule has 7 heteroatoms. The Morgan fingerprint density at radius 1 is 1.04 bits per heavy atom. The van der Waals surface area contributed by atoms with Crippen molar-refractivity contribution in [3.63, 3.8) is 0 Å². The third-order valence-electron chi connectivity index (χ3n) is 3.67. The van der Waals surface area contributed by atoms with Gasteiger partial charge in [-0.1, -0.05) is 30.3 Å². The molecule has 0 aliphatic carbocycles. The Balaban J connectivity index is 1.48. The Bertz CT molecular complexity index is 894. The number of pyridine rings is 1. The SMILES string of the molecule is O=S(=O)(CCc1ccccc1)NCCc1csc(-c2cccnc2)n1. The molecule has 0 amide bonds. The van der Waals surface area contributed by atoms with Gasteiger partial charge in [-0.25, -0.2) is 18.1 Å². The Morgan fingerprint density at radius 2 is 1.88 bits per heavy atom. The van der Waals surface area contributed by atoms with Gasteiger partial charge in [0.05, 0.1) is 11.4 Å². The maximum absolute atomic E-state index is 12.1. The summed E-state index contributed by atoms with van der Waals surface area (Å²) in [7, 11) is -3.28. The molecule has 0 aliphatic rings. The summed E-state index contributed by atoms with van der Waals surface area (Å²) in [6, 6.07) is 13.5. The van der Waals surface area contributed by atoms with E-state index in [-0.39, 0.29) is 5.75 Å². The lowest BCUT2D eigenvalue weighted by Crippen LogP contribution is -2.29. The second-order valence-electron chi connectivity index (χ2n) is 5.58. The predicted octanol–water partition coefficient (Wildman–Crippen LogP) is 2.91. The van der Waals surface area contributed by atoms with Crippen LogP contribution in [0.15, 0.2) is 60.2 Å². The summed E-state index contributed by atoms with van der Waals surface area (Å²) in [6.45, 7) is 0.355. The van der Waals surface area contributed by atoms with Crippen molar-refractivity contribution in [1.29, 1.82) is 0 Å². The number of nitrogens with zero attached hydrogens (tertiary/aromatic N) is 2. The number of sulfonamides is 1. The van der Waals surface area contributed by atoms with Crippen LogP contribution in [0, 0.1) is 0 Å². The largest absolute Gasteiger partial charge is 0.264 e. The fraction of sp³-hybridized carbons (Fsp3) is 0.222. The minimum atomic E-state index is -3.28. The second-order valence-corrected chi connectivity index (χ2v) is 8.37. The molecule has 0 atom stereocenters. The van der Waals surface area contributed by atoms with Crippen LogP contribution in [0.5, 0.6) is 0 Å². The summed E-state index contributed by atoms with van der Waals surface area (Å²) in [4.78, 5) is 8.62. The quantitative estimate of drug-likeness (QED) is 0.659. The molecular weight excluding hydrogens is 354 g/mol. The Kier molecular flexibility index (Phi) is 5.91. The number of nitrogens with one attached hydrogen (secondary N) is 1. The molecule has 0 aliphatic heterocycles. The number of hydrogen-bond donors (Lipinski definition) is 1. The third kappa shape index (κ3) is 5.45. The van der Waals surface area contributed by atoms with Gasteiger partial charge in [-0.3, -0.25) is 4.98 Å². The monoisotopic (exact) mass is 373 g/mol. The summed E-state index contributed by atoms with van der Waals surface area (Å²) in [5, 5.41) is 2.86. The highest BCUT2D eigenvalue weighted by molar-refractivity contribution is 7.89. The van der Waals surface area contributed by atoms with E-state index in [0.29, 0.717) is 19.4 Å². The average molecular weight is 374 g/mol. The molecule has 0 spiro atoms. The van der Waals surface area contributed by atoms with Crippen LogP contribution in [-0.2, 0) is 22.9 Å². The van der Waals surface area contributed by atoms with Gasteiger partial charge >= 0.3 is 0 Å². The average Bonchev–Trinajstić information content (AvgIpc) is 3.11. The molecule has 5 nitrogen and oxygen atoms in total. The van der Waals surface area contributed by atoms with Crippen LogP contribution >= 0.6 is 11.3 Å². The van der Waals surface area contributed by atoms with Crippen molar-refractivity contribution >= 4 is 21.4 Å². The van der Waals surface area contributed by atoms with Gasteiger partial charge in [0.15, 0.2) is 0 Å². The first-order chi connectivity index (χ1) is 12.1. The summed E-state index contributed by atoms with van der Waals surface area (Å²) >= 11 is 1.54. The lowest BCUT2D eigenvalue weighted by Gasteiger charge is -2.06. The predicted molar refractivity (Wildman–Crippen MR) is 101 cm³/mol. The number of aromatic nitrogens is 2. The highest BCUT2D eigenvalue weighted by Gasteiger charge is 2.11. The van der Waals surface area contributed by atoms with E-state index in [1.54, 1.807) is 12.4 Å². The van der Waals surface area contributed by atoms with Crippen molar-refractivity contribution in [3.8, 4) is 10.6 Å². The minimum absolute atomic E-state index is 0.0923. The van der Waals surface area contributed by atoms with Gasteiger partial charge in [0.1, 0.15) is 5.01 Å². The third-order valence-corrected chi connectivity index (χ3v) is 5.99. The highest BCUT2D eigenvalue weighted by atomic mass is 32.2. The van der Waals surface area contributed by atoms with Crippen molar-refractivity contribution in [1.82, 2.24) is 14.7 Å². The van der Waals surface area contributed by atoms with E-state index in [9.17, 15) is 8.42 Å². The summed E-state index contributed by atoms with van der Waals surface area (Å²) in [6.07, 6.45) is 4.58. The van der Waals surface area contributed by atoms with Gasteiger partial charge in [0.2, 0.25) is 10.0 Å². The van der Waals surface area contributed by atoms with Gasteiger partial charge in [-0.2, -0.15) is 0 Å². The second kappa shape index (κ2) is 8.33. The molecular formula is C18H19N3O2S2. The molecule has 0 unspecified atom stereocenters. The first kappa shape index (κ1) is 17.7. The van der Waals surface area contributed by atoms with Crippen molar-refractivity contribution in [3.05, 3.63) is 71.5 Å². The van der Waals surface area contributed by atoms with Crippen LogP contribution in [0.1, 0.15) is 11.3 Å². The molecule has 0 saturated heterocycles. The van der Waals surface area contributed by atoms with Gasteiger partial charge in [-0.05, 0) is 24.1 Å². The molecule has 130 valence electrons. The Labute approximate surface area is 151 Å². The molecule has 2 aromatic heterocycles. The summed E-state index contributed by atoms with van der Waals surface area (Å²) in [5.41, 5.74) is 2.88. The molecule has 0 fully saturated rings. The van der Waals surface area contributed by atoms with E-state index in [4.69, 9.17) is 0 Å². The molecule has 0 bridgehead atoms. The van der Waals surface area contributed by atoms with Crippen molar-refractivity contribution < 1.29 is 8.42 Å². The number of rotatable bonds is 8. The van der Waals surface area contributed by atoms with Gasteiger partial charge in [0.25, 0.3) is 0 Å². The van der Waals surface area contributed by atoms with Gasteiger partial charge in [-0.15, -0.1) is 11.3 Å². The van der Waals surface area contributed by atoms with Crippen molar-refractivity contribution in [2.75, 3.05) is 12.3 Å². The zero-order valence-corrected chi connectivity index (χ0v) is 15.3. The molecule has 3 aromatic rings. The smallest absolute Gasteiger partial charge is 0.211 e. The fourth-order valence-electron chi connectivity index (χ4n) is 2.35. The van der Waals surface area contributed by atoms with E-state index >= 15 is 0 Å². The number of hydrogen-bond acceptors (Lipinski definition) is 5. The minimum Gasteiger partial charge on any atom is -0.264 e. The molecule has 2 heterocycles. The van der Waals surface area contributed by atoms with Crippen molar-refractivity contribution in [2.45, 2.75) is 12.8 Å². The number of thiazole rings is 1. The zero-order chi connectivity index (χ0) is 17.5. The lowest BCUT2D eigenvalue weighted by atomic mass is 10.2. The Hall–Kier alpha value is -2.09. The molecule has 25 heavy (non-hydrogen) atoms. The summed E-state index contributed by atoms with van der Waals surface area (Å²) in [5.74, 6) is 0.0923. The first-order valence-electron chi connectivity index (χ1n) is 7.98.